The number of hydrogen-bond acceptors (Lipinski definition) is 1. The molecule has 0 bridgehead atoms. The Labute approximate surface area is 100 Å². The molecule has 1 aromatic carbocycles. The minimum Gasteiger partial charge on any atom is -0.327 e. The quantitative estimate of drug-likeness (QED) is 0.822. The zero-order valence-electron chi connectivity index (χ0n) is 11.3. The molecule has 0 aliphatic carbocycles. The lowest BCUT2D eigenvalue weighted by atomic mass is 9.79. The van der Waals surface area contributed by atoms with Gasteiger partial charge in [0.1, 0.15) is 0 Å². The number of hydrogen-bond donors (Lipinski definition) is 1. The van der Waals surface area contributed by atoms with Crippen molar-refractivity contribution in [1.82, 2.24) is 0 Å². The van der Waals surface area contributed by atoms with Crippen molar-refractivity contribution in [3.63, 3.8) is 0 Å². The maximum absolute atomic E-state index is 6.31. The van der Waals surface area contributed by atoms with Gasteiger partial charge in [-0.3, -0.25) is 0 Å². The maximum atomic E-state index is 6.31. The molecule has 0 heterocycles. The van der Waals surface area contributed by atoms with E-state index < -0.39 is 0 Å². The van der Waals surface area contributed by atoms with Crippen LogP contribution in [0.5, 0.6) is 0 Å². The molecule has 1 aromatic rings. The first-order valence-corrected chi connectivity index (χ1v) is 6.18. The topological polar surface area (TPSA) is 26.0 Å². The van der Waals surface area contributed by atoms with Crippen molar-refractivity contribution in [2.45, 2.75) is 53.5 Å². The Morgan fingerprint density at radius 1 is 1.25 bits per heavy atom. The van der Waals surface area contributed by atoms with E-state index >= 15 is 0 Å². The van der Waals surface area contributed by atoms with Crippen LogP contribution in [0.2, 0.25) is 0 Å². The van der Waals surface area contributed by atoms with Crippen LogP contribution in [0.25, 0.3) is 0 Å². The molecule has 0 amide bonds. The lowest BCUT2D eigenvalue weighted by Gasteiger charge is -2.31. The van der Waals surface area contributed by atoms with Gasteiger partial charge in [-0.2, -0.15) is 0 Å². The van der Waals surface area contributed by atoms with E-state index in [9.17, 15) is 0 Å². The Kier molecular flexibility index (Phi) is 4.15. The van der Waals surface area contributed by atoms with Gasteiger partial charge in [0, 0.05) is 6.04 Å². The monoisotopic (exact) mass is 219 g/mol. The van der Waals surface area contributed by atoms with Gasteiger partial charge in [-0.25, -0.2) is 0 Å². The third kappa shape index (κ3) is 3.08. The Balaban J connectivity index is 2.84. The highest BCUT2D eigenvalue weighted by molar-refractivity contribution is 5.31. The van der Waals surface area contributed by atoms with Gasteiger partial charge in [-0.1, -0.05) is 44.5 Å². The Bertz CT molecular complexity index is 352. The highest BCUT2D eigenvalue weighted by Gasteiger charge is 2.24. The highest BCUT2D eigenvalue weighted by atomic mass is 14.7. The van der Waals surface area contributed by atoms with Gasteiger partial charge in [-0.05, 0) is 43.2 Å². The molecule has 1 heteroatoms. The average molecular weight is 219 g/mol. The smallest absolute Gasteiger partial charge is 0.0131 e. The molecule has 0 aliphatic rings. The van der Waals surface area contributed by atoms with Crippen molar-refractivity contribution in [3.05, 3.63) is 34.9 Å². The predicted octanol–water partition coefficient (Wildman–Crippen LogP) is 3.61. The molecule has 1 atom stereocenters. The van der Waals surface area contributed by atoms with Gasteiger partial charge in [0.05, 0.1) is 0 Å². The van der Waals surface area contributed by atoms with E-state index in [1.807, 2.05) is 0 Å². The molecule has 90 valence electrons. The number of nitrogens with two attached hydrogens (primary N) is 1. The third-order valence-electron chi connectivity index (χ3n) is 3.86. The number of rotatable bonds is 4. The second kappa shape index (κ2) is 5.01. The second-order valence-corrected chi connectivity index (χ2v) is 5.58. The van der Waals surface area contributed by atoms with E-state index in [0.29, 0.717) is 0 Å². The summed E-state index contributed by atoms with van der Waals surface area (Å²) in [7, 11) is 0. The minimum atomic E-state index is 0.218. The lowest BCUT2D eigenvalue weighted by Crippen LogP contribution is -2.38. The zero-order chi connectivity index (χ0) is 12.3. The Hall–Kier alpha value is -0.820. The molecule has 0 saturated heterocycles. The normalized spacial score (nSPS) is 13.9. The van der Waals surface area contributed by atoms with Crippen LogP contribution in [0.15, 0.2) is 18.2 Å². The Morgan fingerprint density at radius 2 is 1.88 bits per heavy atom. The second-order valence-electron chi connectivity index (χ2n) is 5.58. The standard InChI is InChI=1S/C15H25N/c1-6-15(4,5)14(16)10-13-9-11(2)7-8-12(13)3/h7-9,14H,6,10,16H2,1-5H3. The van der Waals surface area contributed by atoms with Gasteiger partial charge in [0.15, 0.2) is 0 Å². The first kappa shape index (κ1) is 13.2. The van der Waals surface area contributed by atoms with Crippen molar-refractivity contribution in [1.29, 1.82) is 0 Å². The summed E-state index contributed by atoms with van der Waals surface area (Å²) >= 11 is 0. The fourth-order valence-electron chi connectivity index (χ4n) is 1.80. The van der Waals surface area contributed by atoms with Crippen LogP contribution in [-0.4, -0.2) is 6.04 Å². The summed E-state index contributed by atoms with van der Waals surface area (Å²) in [6, 6.07) is 6.85. The third-order valence-corrected chi connectivity index (χ3v) is 3.86. The summed E-state index contributed by atoms with van der Waals surface area (Å²) in [4.78, 5) is 0. The van der Waals surface area contributed by atoms with Crippen molar-refractivity contribution in [2.24, 2.45) is 11.1 Å². The maximum Gasteiger partial charge on any atom is 0.0131 e. The molecule has 0 spiro atoms. The molecule has 0 saturated carbocycles. The molecular formula is C15H25N. The minimum absolute atomic E-state index is 0.218. The van der Waals surface area contributed by atoms with Gasteiger partial charge >= 0.3 is 0 Å². The number of aryl methyl sites for hydroxylation is 2. The van der Waals surface area contributed by atoms with Gasteiger partial charge in [0.2, 0.25) is 0 Å². The zero-order valence-corrected chi connectivity index (χ0v) is 11.3. The van der Waals surface area contributed by atoms with Crippen LogP contribution < -0.4 is 5.73 Å². The van der Waals surface area contributed by atoms with E-state index in [1.54, 1.807) is 0 Å². The van der Waals surface area contributed by atoms with Crippen LogP contribution in [-0.2, 0) is 6.42 Å². The van der Waals surface area contributed by atoms with E-state index in [1.165, 1.54) is 16.7 Å². The largest absolute Gasteiger partial charge is 0.327 e. The Morgan fingerprint density at radius 3 is 2.44 bits per heavy atom. The summed E-state index contributed by atoms with van der Waals surface area (Å²) in [5, 5.41) is 0. The fraction of sp³-hybridized carbons (Fsp3) is 0.600. The fourth-order valence-corrected chi connectivity index (χ4v) is 1.80. The van der Waals surface area contributed by atoms with Gasteiger partial charge < -0.3 is 5.73 Å². The molecule has 1 nitrogen and oxygen atoms in total. The summed E-state index contributed by atoms with van der Waals surface area (Å²) in [5.41, 5.74) is 10.6. The van der Waals surface area contributed by atoms with Crippen molar-refractivity contribution < 1.29 is 0 Å². The highest BCUT2D eigenvalue weighted by Crippen LogP contribution is 2.26. The molecule has 0 aromatic heterocycles. The molecular weight excluding hydrogens is 194 g/mol. The van der Waals surface area contributed by atoms with E-state index in [-0.39, 0.29) is 11.5 Å². The van der Waals surface area contributed by atoms with E-state index in [4.69, 9.17) is 5.73 Å². The predicted molar refractivity (Wildman–Crippen MR) is 71.7 cm³/mol. The van der Waals surface area contributed by atoms with Crippen LogP contribution in [0.4, 0.5) is 0 Å². The van der Waals surface area contributed by atoms with Crippen LogP contribution in [0.1, 0.15) is 43.9 Å². The molecule has 0 aliphatic heterocycles. The van der Waals surface area contributed by atoms with Crippen LogP contribution in [0, 0.1) is 19.3 Å². The summed E-state index contributed by atoms with van der Waals surface area (Å²) < 4.78 is 0. The van der Waals surface area contributed by atoms with Crippen LogP contribution in [0.3, 0.4) is 0 Å². The molecule has 16 heavy (non-hydrogen) atoms. The molecule has 2 N–H and O–H groups in total. The molecule has 1 rings (SSSR count). The summed E-state index contributed by atoms with van der Waals surface area (Å²) in [6.45, 7) is 11.0. The molecule has 1 unspecified atom stereocenters. The molecule has 0 fully saturated rings. The SMILES string of the molecule is CCC(C)(C)C(N)Cc1cc(C)ccc1C. The number of benzene rings is 1. The first-order chi connectivity index (χ1) is 7.36. The average Bonchev–Trinajstić information content (AvgIpc) is 2.23. The first-order valence-electron chi connectivity index (χ1n) is 6.18. The summed E-state index contributed by atoms with van der Waals surface area (Å²) in [5.74, 6) is 0. The van der Waals surface area contributed by atoms with Crippen molar-refractivity contribution in [2.75, 3.05) is 0 Å². The molecule has 0 radical (unpaired) electrons. The van der Waals surface area contributed by atoms with Crippen molar-refractivity contribution >= 4 is 0 Å². The van der Waals surface area contributed by atoms with Crippen LogP contribution >= 0.6 is 0 Å². The lowest BCUT2D eigenvalue weighted by molar-refractivity contribution is 0.272. The van der Waals surface area contributed by atoms with Crippen molar-refractivity contribution in [3.8, 4) is 0 Å². The summed E-state index contributed by atoms with van der Waals surface area (Å²) in [6.07, 6.45) is 2.10. The van der Waals surface area contributed by atoms with E-state index in [2.05, 4.69) is 52.8 Å². The van der Waals surface area contributed by atoms with Gasteiger partial charge in [0.25, 0.3) is 0 Å². The van der Waals surface area contributed by atoms with E-state index in [0.717, 1.165) is 12.8 Å². The van der Waals surface area contributed by atoms with Gasteiger partial charge in [-0.15, -0.1) is 0 Å².